The van der Waals surface area contributed by atoms with E-state index < -0.39 is 0 Å². The highest BCUT2D eigenvalue weighted by Crippen LogP contribution is 2.10. The molecule has 0 aliphatic carbocycles. The average Bonchev–Trinajstić information content (AvgIpc) is 2.35. The van der Waals surface area contributed by atoms with E-state index in [0.29, 0.717) is 6.54 Å². The minimum absolute atomic E-state index is 0.0957. The van der Waals surface area contributed by atoms with Gasteiger partial charge in [0.25, 0.3) is 0 Å². The molecular weight excluding hydrogens is 280 g/mol. The Morgan fingerprint density at radius 3 is 2.35 bits per heavy atom. The lowest BCUT2D eigenvalue weighted by Gasteiger charge is -2.15. The molecule has 2 N–H and O–H groups in total. The summed E-state index contributed by atoms with van der Waals surface area (Å²) in [5.74, 6) is 0. The first-order valence-corrected chi connectivity index (χ1v) is 6.73. The van der Waals surface area contributed by atoms with Crippen molar-refractivity contribution in [3.63, 3.8) is 0 Å². The third-order valence-corrected chi connectivity index (χ3v) is 3.22. The summed E-state index contributed by atoms with van der Waals surface area (Å²) in [4.78, 5) is 11.6. The summed E-state index contributed by atoms with van der Waals surface area (Å²) in [5.41, 5.74) is 1.09. The molecule has 1 rings (SSSR count). The van der Waals surface area contributed by atoms with Crippen LogP contribution < -0.4 is 10.6 Å². The molecule has 1 aromatic rings. The van der Waals surface area contributed by atoms with E-state index >= 15 is 0 Å². The Kier molecular flexibility index (Phi) is 6.05. The largest absolute Gasteiger partial charge is 0.335 e. The summed E-state index contributed by atoms with van der Waals surface area (Å²) in [6.45, 7) is 4.70. The number of rotatable bonds is 5. The standard InChI is InChI=1S/C13H19BrN2O/c1-3-12(4-2)16-13(17)15-9-10-5-7-11(14)8-6-10/h5-8,12H,3-4,9H2,1-2H3,(H2,15,16,17). The zero-order valence-corrected chi connectivity index (χ0v) is 11.9. The Hall–Kier alpha value is -1.03. The summed E-state index contributed by atoms with van der Waals surface area (Å²) in [5, 5.41) is 5.79. The van der Waals surface area contributed by atoms with Crippen LogP contribution in [-0.4, -0.2) is 12.1 Å². The minimum Gasteiger partial charge on any atom is -0.335 e. The molecule has 17 heavy (non-hydrogen) atoms. The molecule has 0 saturated carbocycles. The fourth-order valence-electron chi connectivity index (χ4n) is 1.51. The van der Waals surface area contributed by atoms with Crippen molar-refractivity contribution in [1.29, 1.82) is 0 Å². The van der Waals surface area contributed by atoms with Gasteiger partial charge in [-0.1, -0.05) is 41.9 Å². The van der Waals surface area contributed by atoms with Crippen LogP contribution in [0.5, 0.6) is 0 Å². The summed E-state index contributed by atoms with van der Waals surface area (Å²) in [6.07, 6.45) is 1.92. The van der Waals surface area contributed by atoms with Crippen LogP contribution in [0.1, 0.15) is 32.3 Å². The zero-order chi connectivity index (χ0) is 12.7. The second-order valence-electron chi connectivity index (χ2n) is 3.97. The van der Waals surface area contributed by atoms with Gasteiger partial charge in [-0.15, -0.1) is 0 Å². The number of amides is 2. The van der Waals surface area contributed by atoms with Crippen molar-refractivity contribution in [3.8, 4) is 0 Å². The summed E-state index contributed by atoms with van der Waals surface area (Å²) in [7, 11) is 0. The van der Waals surface area contributed by atoms with Crippen LogP contribution in [0.4, 0.5) is 4.79 Å². The summed E-state index contributed by atoms with van der Waals surface area (Å²) < 4.78 is 1.04. The predicted molar refractivity (Wildman–Crippen MR) is 73.9 cm³/mol. The van der Waals surface area contributed by atoms with Crippen molar-refractivity contribution >= 4 is 22.0 Å². The first-order valence-electron chi connectivity index (χ1n) is 5.94. The van der Waals surface area contributed by atoms with Gasteiger partial charge in [0.2, 0.25) is 0 Å². The molecule has 0 aromatic heterocycles. The molecule has 0 spiro atoms. The molecule has 0 unspecified atom stereocenters. The number of urea groups is 1. The van der Waals surface area contributed by atoms with Crippen LogP contribution in [0.15, 0.2) is 28.7 Å². The number of hydrogen-bond acceptors (Lipinski definition) is 1. The van der Waals surface area contributed by atoms with Crippen molar-refractivity contribution in [2.45, 2.75) is 39.3 Å². The third kappa shape index (κ3) is 5.22. The van der Waals surface area contributed by atoms with Gasteiger partial charge in [0, 0.05) is 17.1 Å². The van der Waals surface area contributed by atoms with E-state index in [2.05, 4.69) is 40.4 Å². The molecule has 0 bridgehead atoms. The maximum Gasteiger partial charge on any atom is 0.315 e. The van der Waals surface area contributed by atoms with Gasteiger partial charge < -0.3 is 10.6 Å². The van der Waals surface area contributed by atoms with Crippen LogP contribution in [-0.2, 0) is 6.54 Å². The second-order valence-corrected chi connectivity index (χ2v) is 4.88. The lowest BCUT2D eigenvalue weighted by atomic mass is 10.2. The molecule has 94 valence electrons. The molecule has 0 heterocycles. The van der Waals surface area contributed by atoms with Crippen molar-refractivity contribution in [2.24, 2.45) is 0 Å². The lowest BCUT2D eigenvalue weighted by Crippen LogP contribution is -2.41. The quantitative estimate of drug-likeness (QED) is 0.859. The van der Waals surface area contributed by atoms with Crippen molar-refractivity contribution in [2.75, 3.05) is 0 Å². The van der Waals surface area contributed by atoms with Crippen LogP contribution in [0.25, 0.3) is 0 Å². The van der Waals surface area contributed by atoms with E-state index in [4.69, 9.17) is 0 Å². The molecule has 0 atom stereocenters. The number of carbonyl (C=O) groups is 1. The van der Waals surface area contributed by atoms with Gasteiger partial charge in [0.05, 0.1) is 0 Å². The fourth-order valence-corrected chi connectivity index (χ4v) is 1.78. The van der Waals surface area contributed by atoms with Crippen LogP contribution in [0.2, 0.25) is 0 Å². The molecular formula is C13H19BrN2O. The van der Waals surface area contributed by atoms with E-state index in [1.165, 1.54) is 0 Å². The van der Waals surface area contributed by atoms with Crippen molar-refractivity contribution in [3.05, 3.63) is 34.3 Å². The van der Waals surface area contributed by atoms with Gasteiger partial charge in [-0.3, -0.25) is 0 Å². The van der Waals surface area contributed by atoms with Crippen LogP contribution in [0, 0.1) is 0 Å². The Balaban J connectivity index is 2.35. The van der Waals surface area contributed by atoms with Gasteiger partial charge in [-0.05, 0) is 30.5 Å². The van der Waals surface area contributed by atoms with E-state index in [9.17, 15) is 4.79 Å². The molecule has 4 heteroatoms. The van der Waals surface area contributed by atoms with Crippen molar-refractivity contribution < 1.29 is 4.79 Å². The molecule has 2 amide bonds. The lowest BCUT2D eigenvalue weighted by molar-refractivity contribution is 0.235. The number of halogens is 1. The topological polar surface area (TPSA) is 41.1 Å². The fraction of sp³-hybridized carbons (Fsp3) is 0.462. The number of benzene rings is 1. The van der Waals surface area contributed by atoms with Gasteiger partial charge >= 0.3 is 6.03 Å². The highest BCUT2D eigenvalue weighted by Gasteiger charge is 2.07. The zero-order valence-electron chi connectivity index (χ0n) is 10.3. The molecule has 0 aliphatic rings. The highest BCUT2D eigenvalue weighted by atomic mass is 79.9. The van der Waals surface area contributed by atoms with E-state index in [0.717, 1.165) is 22.9 Å². The van der Waals surface area contributed by atoms with Gasteiger partial charge in [0.15, 0.2) is 0 Å². The molecule has 0 fully saturated rings. The number of hydrogen-bond donors (Lipinski definition) is 2. The third-order valence-electron chi connectivity index (χ3n) is 2.69. The summed E-state index contributed by atoms with van der Waals surface area (Å²) in [6, 6.07) is 8.08. The minimum atomic E-state index is -0.0957. The number of carbonyl (C=O) groups excluding carboxylic acids is 1. The Morgan fingerprint density at radius 1 is 1.24 bits per heavy atom. The first-order chi connectivity index (χ1) is 8.15. The smallest absolute Gasteiger partial charge is 0.315 e. The molecule has 0 aliphatic heterocycles. The van der Waals surface area contributed by atoms with Gasteiger partial charge in [-0.2, -0.15) is 0 Å². The Bertz CT molecular complexity index is 347. The highest BCUT2D eigenvalue weighted by molar-refractivity contribution is 9.10. The van der Waals surface area contributed by atoms with Gasteiger partial charge in [0.1, 0.15) is 0 Å². The summed E-state index contributed by atoms with van der Waals surface area (Å²) >= 11 is 3.38. The monoisotopic (exact) mass is 298 g/mol. The van der Waals surface area contributed by atoms with Crippen LogP contribution >= 0.6 is 15.9 Å². The normalized spacial score (nSPS) is 10.4. The predicted octanol–water partition coefficient (Wildman–Crippen LogP) is 3.44. The Morgan fingerprint density at radius 2 is 1.82 bits per heavy atom. The van der Waals surface area contributed by atoms with E-state index in [1.54, 1.807) is 0 Å². The van der Waals surface area contributed by atoms with E-state index in [-0.39, 0.29) is 12.1 Å². The maximum atomic E-state index is 11.6. The Labute approximate surface area is 111 Å². The molecule has 0 saturated heterocycles. The first kappa shape index (κ1) is 14.0. The molecule has 1 aromatic carbocycles. The molecule has 3 nitrogen and oxygen atoms in total. The SMILES string of the molecule is CCC(CC)NC(=O)NCc1ccc(Br)cc1. The molecule has 0 radical (unpaired) electrons. The maximum absolute atomic E-state index is 11.6. The van der Waals surface area contributed by atoms with Gasteiger partial charge in [-0.25, -0.2) is 4.79 Å². The average molecular weight is 299 g/mol. The van der Waals surface area contributed by atoms with E-state index in [1.807, 2.05) is 24.3 Å². The number of nitrogens with one attached hydrogen (secondary N) is 2. The van der Waals surface area contributed by atoms with Crippen LogP contribution in [0.3, 0.4) is 0 Å². The van der Waals surface area contributed by atoms with Crippen molar-refractivity contribution in [1.82, 2.24) is 10.6 Å². The second kappa shape index (κ2) is 7.33.